The number of carbonyl (C=O) groups is 1. The Morgan fingerprint density at radius 1 is 0.800 bits per heavy atom. The van der Waals surface area contributed by atoms with Crippen molar-refractivity contribution in [3.63, 3.8) is 0 Å². The van der Waals surface area contributed by atoms with Crippen LogP contribution < -0.4 is 14.2 Å². The molecule has 0 amide bonds. The van der Waals surface area contributed by atoms with Gasteiger partial charge in [-0.15, -0.1) is 0 Å². The molecule has 35 heavy (non-hydrogen) atoms. The Kier molecular flexibility index (Phi) is 7.13. The van der Waals surface area contributed by atoms with Gasteiger partial charge in [0.1, 0.15) is 22.7 Å². The SMILES string of the molecule is CC(=O)Oc1c(C)c(F)c2c(c1C)CCC(C)(C)O2.Cc1c(O)c(C)c2c(c1F)OC(C)(C)CC2. The van der Waals surface area contributed by atoms with Gasteiger partial charge in [0.05, 0.1) is 0 Å². The van der Waals surface area contributed by atoms with Crippen molar-refractivity contribution in [2.75, 3.05) is 0 Å². The van der Waals surface area contributed by atoms with Crippen LogP contribution in [0.25, 0.3) is 0 Å². The van der Waals surface area contributed by atoms with Gasteiger partial charge < -0.3 is 19.3 Å². The molecular formula is C28H36F2O5. The van der Waals surface area contributed by atoms with Gasteiger partial charge in [-0.2, -0.15) is 0 Å². The maximum absolute atomic E-state index is 14.4. The van der Waals surface area contributed by atoms with E-state index in [1.165, 1.54) is 6.92 Å². The van der Waals surface area contributed by atoms with Gasteiger partial charge in [0.2, 0.25) is 0 Å². The molecule has 0 fully saturated rings. The molecule has 2 aliphatic rings. The lowest BCUT2D eigenvalue weighted by Gasteiger charge is -2.34. The molecule has 2 aromatic rings. The Hall–Kier alpha value is -2.83. The summed E-state index contributed by atoms with van der Waals surface area (Å²) in [4.78, 5) is 11.1. The first-order valence-corrected chi connectivity index (χ1v) is 11.9. The van der Waals surface area contributed by atoms with Crippen LogP contribution in [0.3, 0.4) is 0 Å². The highest BCUT2D eigenvalue weighted by atomic mass is 19.1. The number of phenolic OH excluding ortho intramolecular Hbond substituents is 1. The first-order valence-electron chi connectivity index (χ1n) is 11.9. The molecule has 0 aromatic heterocycles. The number of benzene rings is 2. The fraction of sp³-hybridized carbons (Fsp3) is 0.536. The van der Waals surface area contributed by atoms with Gasteiger partial charge in [-0.25, -0.2) is 8.78 Å². The molecule has 4 rings (SSSR count). The molecular weight excluding hydrogens is 454 g/mol. The molecule has 0 atom stereocenters. The fourth-order valence-corrected chi connectivity index (χ4v) is 4.61. The zero-order valence-corrected chi connectivity index (χ0v) is 22.2. The zero-order valence-electron chi connectivity index (χ0n) is 22.2. The third-order valence-corrected chi connectivity index (χ3v) is 6.86. The van der Waals surface area contributed by atoms with Crippen molar-refractivity contribution in [2.45, 2.75) is 99.2 Å². The van der Waals surface area contributed by atoms with E-state index in [0.29, 0.717) is 22.8 Å². The molecule has 1 N–H and O–H groups in total. The van der Waals surface area contributed by atoms with E-state index in [4.69, 9.17) is 14.2 Å². The zero-order chi connectivity index (χ0) is 26.5. The highest BCUT2D eigenvalue weighted by Gasteiger charge is 2.33. The molecule has 192 valence electrons. The Morgan fingerprint density at radius 3 is 1.69 bits per heavy atom. The molecule has 0 spiro atoms. The Morgan fingerprint density at radius 2 is 1.23 bits per heavy atom. The molecule has 0 saturated carbocycles. The molecule has 7 heteroatoms. The summed E-state index contributed by atoms with van der Waals surface area (Å²) in [6.45, 7) is 15.9. The Bertz CT molecular complexity index is 1180. The van der Waals surface area contributed by atoms with E-state index in [-0.39, 0.29) is 22.5 Å². The predicted molar refractivity (Wildman–Crippen MR) is 131 cm³/mol. The van der Waals surface area contributed by atoms with E-state index in [1.807, 2.05) is 41.5 Å². The van der Waals surface area contributed by atoms with Crippen molar-refractivity contribution in [2.24, 2.45) is 0 Å². The van der Waals surface area contributed by atoms with Crippen LogP contribution in [0.1, 0.15) is 80.8 Å². The molecule has 2 aliphatic heterocycles. The monoisotopic (exact) mass is 490 g/mol. The topological polar surface area (TPSA) is 65.0 Å². The van der Waals surface area contributed by atoms with Gasteiger partial charge in [-0.1, -0.05) is 0 Å². The van der Waals surface area contributed by atoms with Crippen LogP contribution in [0, 0.1) is 39.3 Å². The first kappa shape index (κ1) is 26.8. The fourth-order valence-electron chi connectivity index (χ4n) is 4.61. The van der Waals surface area contributed by atoms with Crippen LogP contribution in [0.2, 0.25) is 0 Å². The average Bonchev–Trinajstić information content (AvgIpc) is 2.76. The van der Waals surface area contributed by atoms with Gasteiger partial charge in [0.15, 0.2) is 23.1 Å². The predicted octanol–water partition coefficient (Wildman–Crippen LogP) is 6.72. The number of phenols is 1. The number of aromatic hydroxyl groups is 1. The smallest absolute Gasteiger partial charge is 0.308 e. The normalized spacial score (nSPS) is 17.1. The minimum atomic E-state index is -0.442. The lowest BCUT2D eigenvalue weighted by Crippen LogP contribution is -2.33. The number of halogens is 2. The summed E-state index contributed by atoms with van der Waals surface area (Å²) in [6, 6.07) is 0. The summed E-state index contributed by atoms with van der Waals surface area (Å²) in [6.07, 6.45) is 3.12. The summed E-state index contributed by atoms with van der Waals surface area (Å²) in [7, 11) is 0. The van der Waals surface area contributed by atoms with Crippen LogP contribution in [-0.4, -0.2) is 22.3 Å². The second-order valence-corrected chi connectivity index (χ2v) is 10.7. The Balaban J connectivity index is 0.000000198. The molecule has 2 heterocycles. The van der Waals surface area contributed by atoms with Crippen molar-refractivity contribution in [3.8, 4) is 23.0 Å². The summed E-state index contributed by atoms with van der Waals surface area (Å²) in [5.41, 5.74) is 3.04. The van der Waals surface area contributed by atoms with Gasteiger partial charge >= 0.3 is 5.97 Å². The van der Waals surface area contributed by atoms with Crippen molar-refractivity contribution in [3.05, 3.63) is 45.0 Å². The Labute approximate surface area is 206 Å². The number of rotatable bonds is 1. The second kappa shape index (κ2) is 9.32. The van der Waals surface area contributed by atoms with Gasteiger partial charge in [-0.05, 0) is 92.2 Å². The van der Waals surface area contributed by atoms with Crippen molar-refractivity contribution < 1.29 is 32.9 Å². The molecule has 0 bridgehead atoms. The largest absolute Gasteiger partial charge is 0.507 e. The van der Waals surface area contributed by atoms with Crippen molar-refractivity contribution in [1.29, 1.82) is 0 Å². The highest BCUT2D eigenvalue weighted by Crippen LogP contribution is 2.44. The summed E-state index contributed by atoms with van der Waals surface area (Å²) < 4.78 is 45.0. The standard InChI is InChI=1S/C15H19FO3.C13H17FO2/c1-8-11-6-7-15(4,5)19-14(11)12(16)9(2)13(8)18-10(3)17;1-7-9-5-6-13(3,4)16-12(9)10(14)8(2)11(7)15/h6-7H2,1-5H3;15H,5-6H2,1-4H3. The molecule has 2 aromatic carbocycles. The molecule has 5 nitrogen and oxygen atoms in total. The van der Waals surface area contributed by atoms with E-state index < -0.39 is 17.6 Å². The van der Waals surface area contributed by atoms with Crippen LogP contribution in [0.15, 0.2) is 0 Å². The number of fused-ring (bicyclic) bond motifs is 2. The van der Waals surface area contributed by atoms with Gasteiger partial charge in [-0.3, -0.25) is 4.79 Å². The lowest BCUT2D eigenvalue weighted by molar-refractivity contribution is -0.132. The number of hydrogen-bond donors (Lipinski definition) is 1. The van der Waals surface area contributed by atoms with Crippen LogP contribution in [0.5, 0.6) is 23.0 Å². The average molecular weight is 491 g/mol. The summed E-state index contributed by atoms with van der Waals surface area (Å²) in [5, 5.41) is 9.78. The van der Waals surface area contributed by atoms with E-state index in [2.05, 4.69) is 0 Å². The second-order valence-electron chi connectivity index (χ2n) is 10.7. The highest BCUT2D eigenvalue weighted by molar-refractivity contribution is 5.71. The van der Waals surface area contributed by atoms with Crippen LogP contribution in [0.4, 0.5) is 8.78 Å². The summed E-state index contributed by atoms with van der Waals surface area (Å²) >= 11 is 0. The maximum Gasteiger partial charge on any atom is 0.308 e. The molecule has 0 unspecified atom stereocenters. The van der Waals surface area contributed by atoms with Gasteiger partial charge in [0, 0.05) is 29.2 Å². The maximum atomic E-state index is 14.4. The van der Waals surface area contributed by atoms with E-state index in [0.717, 1.165) is 47.9 Å². The number of ether oxygens (including phenoxy) is 3. The first-order chi connectivity index (χ1) is 16.1. The minimum absolute atomic E-state index is 0.0551. The molecule has 0 radical (unpaired) electrons. The molecule has 0 saturated heterocycles. The quantitative estimate of drug-likeness (QED) is 0.355. The van der Waals surface area contributed by atoms with Crippen molar-refractivity contribution in [1.82, 2.24) is 0 Å². The van der Waals surface area contributed by atoms with Gasteiger partial charge in [0.25, 0.3) is 0 Å². The summed E-state index contributed by atoms with van der Waals surface area (Å²) in [5.74, 6) is -0.282. The lowest BCUT2D eigenvalue weighted by atomic mass is 9.90. The third-order valence-electron chi connectivity index (χ3n) is 6.86. The van der Waals surface area contributed by atoms with Crippen molar-refractivity contribution >= 4 is 5.97 Å². The number of carbonyl (C=O) groups excluding carboxylic acids is 1. The van der Waals surface area contributed by atoms with E-state index in [9.17, 15) is 18.7 Å². The number of esters is 1. The third kappa shape index (κ3) is 5.24. The minimum Gasteiger partial charge on any atom is -0.507 e. The van der Waals surface area contributed by atoms with E-state index in [1.54, 1.807) is 13.8 Å². The molecule has 0 aliphatic carbocycles. The van der Waals surface area contributed by atoms with Crippen LogP contribution >= 0.6 is 0 Å². The number of hydrogen-bond acceptors (Lipinski definition) is 5. The van der Waals surface area contributed by atoms with E-state index >= 15 is 0 Å². The van der Waals surface area contributed by atoms with Crippen LogP contribution in [-0.2, 0) is 17.6 Å².